The van der Waals surface area contributed by atoms with E-state index in [1.165, 1.54) is 11.3 Å². The zero-order chi connectivity index (χ0) is 31.2. The predicted octanol–water partition coefficient (Wildman–Crippen LogP) is 5.83. The molecule has 1 aliphatic rings. The fraction of sp³-hybridized carbons (Fsp3) is 0.265. The maximum absolute atomic E-state index is 14.0. The van der Waals surface area contributed by atoms with Gasteiger partial charge in [-0.05, 0) is 73.0 Å². The molecule has 228 valence electrons. The molecule has 0 radical (unpaired) electrons. The van der Waals surface area contributed by atoms with Crippen LogP contribution < -0.4 is 29.1 Å². The molecule has 1 atom stereocenters. The minimum Gasteiger partial charge on any atom is -0.497 e. The van der Waals surface area contributed by atoms with Crippen molar-refractivity contribution in [1.82, 2.24) is 4.57 Å². The molecule has 0 amide bonds. The number of allylic oxidation sites excluding steroid dienone is 1. The summed E-state index contributed by atoms with van der Waals surface area (Å²) in [4.78, 5) is 32.8. The Morgan fingerprint density at radius 3 is 2.39 bits per heavy atom. The smallest absolute Gasteiger partial charge is 0.338 e. The van der Waals surface area contributed by atoms with E-state index >= 15 is 0 Å². The summed E-state index contributed by atoms with van der Waals surface area (Å²) in [6.07, 6.45) is 3.11. The minimum atomic E-state index is -0.823. The lowest BCUT2D eigenvalue weighted by molar-refractivity contribution is -0.139. The van der Waals surface area contributed by atoms with Crippen LogP contribution in [0.25, 0.3) is 6.08 Å². The summed E-state index contributed by atoms with van der Waals surface area (Å²) in [6.45, 7) is 4.36. The van der Waals surface area contributed by atoms with Gasteiger partial charge in [-0.25, -0.2) is 9.79 Å². The molecule has 1 aliphatic heterocycles. The number of esters is 1. The minimum absolute atomic E-state index is 0.186. The molecule has 44 heavy (non-hydrogen) atoms. The van der Waals surface area contributed by atoms with Gasteiger partial charge in [0.05, 0.1) is 36.6 Å². The number of hydrogen-bond acceptors (Lipinski definition) is 8. The summed E-state index contributed by atoms with van der Waals surface area (Å²) < 4.78 is 24.3. The number of carbonyl (C=O) groups excluding carboxylic acids is 1. The van der Waals surface area contributed by atoms with E-state index < -0.39 is 12.0 Å². The van der Waals surface area contributed by atoms with Gasteiger partial charge in [0.1, 0.15) is 29.9 Å². The van der Waals surface area contributed by atoms with Gasteiger partial charge >= 0.3 is 5.97 Å². The molecule has 0 fully saturated rings. The first-order valence-electron chi connectivity index (χ1n) is 14.3. The van der Waals surface area contributed by atoms with E-state index in [-0.39, 0.29) is 12.2 Å². The van der Waals surface area contributed by atoms with Gasteiger partial charge < -0.3 is 18.9 Å². The molecule has 0 saturated heterocycles. The Labute approximate surface area is 264 Å². The number of methoxy groups -OCH3 is 2. The third-order valence-corrected chi connectivity index (χ3v) is 8.34. The maximum atomic E-state index is 14.0. The van der Waals surface area contributed by atoms with Gasteiger partial charge in [0.2, 0.25) is 0 Å². The van der Waals surface area contributed by atoms with Gasteiger partial charge in [-0.3, -0.25) is 9.36 Å². The predicted molar refractivity (Wildman–Crippen MR) is 171 cm³/mol. The number of carbonyl (C=O) groups is 1. The summed E-state index contributed by atoms with van der Waals surface area (Å²) in [5.41, 5.74) is 3.04. The van der Waals surface area contributed by atoms with Crippen molar-refractivity contribution >= 4 is 35.0 Å². The van der Waals surface area contributed by atoms with Crippen LogP contribution in [0.2, 0.25) is 5.02 Å². The number of ether oxygens (including phenoxy) is 4. The molecule has 0 aliphatic carbocycles. The summed E-state index contributed by atoms with van der Waals surface area (Å²) in [5.74, 6) is 1.47. The molecule has 0 spiro atoms. The third kappa shape index (κ3) is 6.59. The second kappa shape index (κ2) is 14.0. The number of thiazole rings is 1. The maximum Gasteiger partial charge on any atom is 0.338 e. The van der Waals surface area contributed by atoms with Crippen LogP contribution in [0, 0.1) is 0 Å². The summed E-state index contributed by atoms with van der Waals surface area (Å²) >= 11 is 7.69. The van der Waals surface area contributed by atoms with Crippen molar-refractivity contribution in [3.05, 3.63) is 119 Å². The number of rotatable bonds is 11. The average Bonchev–Trinajstić information content (AvgIpc) is 3.34. The lowest BCUT2D eigenvalue weighted by Crippen LogP contribution is -2.40. The van der Waals surface area contributed by atoms with E-state index in [0.29, 0.717) is 55.7 Å². The van der Waals surface area contributed by atoms with E-state index in [0.717, 1.165) is 23.3 Å². The topological polar surface area (TPSA) is 88.4 Å². The van der Waals surface area contributed by atoms with Crippen molar-refractivity contribution in [3.8, 4) is 17.2 Å². The number of hydrogen-bond donors (Lipinski definition) is 0. The largest absolute Gasteiger partial charge is 0.497 e. The van der Waals surface area contributed by atoms with Crippen LogP contribution in [0.15, 0.2) is 87.8 Å². The molecule has 0 bridgehead atoms. The first-order valence-corrected chi connectivity index (χ1v) is 15.5. The molecule has 0 unspecified atom stereocenters. The Hall–Kier alpha value is -4.34. The van der Waals surface area contributed by atoms with Crippen molar-refractivity contribution in [2.24, 2.45) is 4.99 Å². The van der Waals surface area contributed by atoms with Crippen LogP contribution in [-0.2, 0) is 16.1 Å². The van der Waals surface area contributed by atoms with Crippen molar-refractivity contribution in [1.29, 1.82) is 0 Å². The Morgan fingerprint density at radius 2 is 1.73 bits per heavy atom. The zero-order valence-corrected chi connectivity index (χ0v) is 26.5. The summed E-state index contributed by atoms with van der Waals surface area (Å²) in [7, 11) is 3.18. The molecule has 1 aromatic heterocycles. The van der Waals surface area contributed by atoms with Crippen molar-refractivity contribution < 1.29 is 23.7 Å². The van der Waals surface area contributed by atoms with Gasteiger partial charge in [0.25, 0.3) is 5.56 Å². The van der Waals surface area contributed by atoms with Gasteiger partial charge in [0.15, 0.2) is 4.80 Å². The molecule has 4 aromatic rings. The van der Waals surface area contributed by atoms with Crippen molar-refractivity contribution in [2.75, 3.05) is 20.8 Å². The Balaban J connectivity index is 1.54. The molecule has 10 heteroatoms. The van der Waals surface area contributed by atoms with E-state index in [9.17, 15) is 9.59 Å². The monoisotopic (exact) mass is 632 g/mol. The Morgan fingerprint density at radius 1 is 1.00 bits per heavy atom. The highest BCUT2D eigenvalue weighted by Gasteiger charge is 2.36. The van der Waals surface area contributed by atoms with E-state index in [4.69, 9.17) is 35.5 Å². The van der Waals surface area contributed by atoms with E-state index in [2.05, 4.69) is 0 Å². The van der Waals surface area contributed by atoms with E-state index in [1.54, 1.807) is 43.9 Å². The summed E-state index contributed by atoms with van der Waals surface area (Å²) in [6, 6.07) is 19.6. The highest BCUT2D eigenvalue weighted by Crippen LogP contribution is 2.38. The fourth-order valence-corrected chi connectivity index (χ4v) is 6.23. The number of halogens is 1. The van der Waals surface area contributed by atoms with Crippen LogP contribution in [0.4, 0.5) is 0 Å². The van der Waals surface area contributed by atoms with Crippen LogP contribution in [0.5, 0.6) is 17.2 Å². The Kier molecular flexibility index (Phi) is 9.87. The van der Waals surface area contributed by atoms with Crippen LogP contribution in [0.1, 0.15) is 49.4 Å². The Bertz CT molecular complexity index is 1860. The number of nitrogens with zero attached hydrogens (tertiary/aromatic N) is 2. The molecule has 0 saturated carbocycles. The second-order valence-corrected chi connectivity index (χ2v) is 11.5. The van der Waals surface area contributed by atoms with Crippen molar-refractivity contribution in [2.45, 2.75) is 39.3 Å². The van der Waals surface area contributed by atoms with Gasteiger partial charge in [-0.2, -0.15) is 0 Å². The van der Waals surface area contributed by atoms with E-state index in [1.807, 2.05) is 61.5 Å². The highest BCUT2D eigenvalue weighted by atomic mass is 35.5. The first kappa shape index (κ1) is 31.1. The molecular formula is C34H33ClN2O6S. The summed E-state index contributed by atoms with van der Waals surface area (Å²) in [5, 5.41) is 0.453. The zero-order valence-electron chi connectivity index (χ0n) is 25.0. The standard InChI is InChI=1S/C34H33ClN2O6S/c1-5-7-27-30(33(39)42-6-2)31(26-19-23(35)12-17-28(26)41-4)37-32(38)29(44-34(37)36-27)18-21-8-15-25(16-9-21)43-20-22-10-13-24(40-3)14-11-22/h8-19,31H,5-7,20H2,1-4H3/b29-18+/t31-/m0/s1. The first-order chi connectivity index (χ1) is 21.4. The van der Waals surface area contributed by atoms with Crippen molar-refractivity contribution in [3.63, 3.8) is 0 Å². The molecule has 5 rings (SSSR count). The quantitative estimate of drug-likeness (QED) is 0.193. The molecule has 2 heterocycles. The molecule has 0 N–H and O–H groups in total. The van der Waals surface area contributed by atoms with Crippen LogP contribution in [0.3, 0.4) is 0 Å². The molecule has 3 aromatic carbocycles. The molecular weight excluding hydrogens is 600 g/mol. The normalized spacial score (nSPS) is 14.6. The SMILES string of the molecule is CCCC1=C(C(=O)OCC)[C@H](c2cc(Cl)ccc2OC)n2c(s/c(=C/c3ccc(OCc4ccc(OC)cc4)cc3)c2=O)=N1. The average molecular weight is 633 g/mol. The van der Waals surface area contributed by atoms with Gasteiger partial charge in [-0.15, -0.1) is 0 Å². The number of benzene rings is 3. The highest BCUT2D eigenvalue weighted by molar-refractivity contribution is 7.07. The van der Waals surface area contributed by atoms with Crippen LogP contribution in [-0.4, -0.2) is 31.4 Å². The third-order valence-electron chi connectivity index (χ3n) is 7.12. The second-order valence-electron chi connectivity index (χ2n) is 10.0. The molecule has 8 nitrogen and oxygen atoms in total. The fourth-order valence-electron chi connectivity index (χ4n) is 5.03. The lowest BCUT2D eigenvalue weighted by atomic mass is 9.93. The van der Waals surface area contributed by atoms with Crippen LogP contribution >= 0.6 is 22.9 Å². The number of aromatic nitrogens is 1. The lowest BCUT2D eigenvalue weighted by Gasteiger charge is -2.27. The van der Waals surface area contributed by atoms with Gasteiger partial charge in [0, 0.05) is 10.6 Å². The number of fused-ring (bicyclic) bond motifs is 1. The van der Waals surface area contributed by atoms with Gasteiger partial charge in [-0.1, -0.05) is 60.5 Å².